The summed E-state index contributed by atoms with van der Waals surface area (Å²) in [6.45, 7) is 1.74. The normalized spacial score (nSPS) is 10.3. The van der Waals surface area contributed by atoms with Crippen molar-refractivity contribution in [1.29, 1.82) is 0 Å². The summed E-state index contributed by atoms with van der Waals surface area (Å²) >= 11 is 4.53. The molecule has 20 heavy (non-hydrogen) atoms. The lowest BCUT2D eigenvalue weighted by atomic mass is 10.3. The van der Waals surface area contributed by atoms with Crippen LogP contribution in [0.2, 0.25) is 0 Å². The van der Waals surface area contributed by atoms with Crippen LogP contribution in [0.1, 0.15) is 5.69 Å². The third kappa shape index (κ3) is 4.50. The Morgan fingerprint density at radius 2 is 2.25 bits per heavy atom. The topological polar surface area (TPSA) is 74.8 Å². The minimum atomic E-state index is -0.215. The van der Waals surface area contributed by atoms with Crippen LogP contribution in [0.5, 0.6) is 0 Å². The molecule has 0 unspecified atom stereocenters. The lowest BCUT2D eigenvalue weighted by Crippen LogP contribution is -2.15. The van der Waals surface area contributed by atoms with Gasteiger partial charge in [-0.3, -0.25) is 9.59 Å². The summed E-state index contributed by atoms with van der Waals surface area (Å²) in [6.07, 6.45) is 0. The zero-order valence-corrected chi connectivity index (χ0v) is 13.0. The fraction of sp³-hybridized carbons (Fsp3) is 0.154. The van der Waals surface area contributed by atoms with Crippen LogP contribution in [0.15, 0.2) is 44.8 Å². The van der Waals surface area contributed by atoms with Crippen LogP contribution in [-0.2, 0) is 4.79 Å². The first-order valence-corrected chi connectivity index (χ1v) is 7.57. The van der Waals surface area contributed by atoms with Crippen LogP contribution in [0.3, 0.4) is 0 Å². The van der Waals surface area contributed by atoms with Crippen molar-refractivity contribution in [2.75, 3.05) is 11.1 Å². The molecule has 2 rings (SSSR count). The number of benzene rings is 1. The van der Waals surface area contributed by atoms with Gasteiger partial charge in [-0.1, -0.05) is 33.8 Å². The van der Waals surface area contributed by atoms with E-state index in [1.54, 1.807) is 13.0 Å². The van der Waals surface area contributed by atoms with Gasteiger partial charge < -0.3 is 10.3 Å². The molecule has 104 valence electrons. The van der Waals surface area contributed by atoms with E-state index in [9.17, 15) is 9.59 Å². The predicted molar refractivity (Wildman–Crippen MR) is 83.1 cm³/mol. The molecule has 1 aromatic carbocycles. The zero-order chi connectivity index (χ0) is 14.5. The zero-order valence-electron chi connectivity index (χ0n) is 10.6. The number of anilines is 1. The number of hydrogen-bond acceptors (Lipinski definition) is 4. The highest BCUT2D eigenvalue weighted by Gasteiger charge is 2.06. The van der Waals surface area contributed by atoms with Gasteiger partial charge in [-0.25, -0.2) is 4.98 Å². The van der Waals surface area contributed by atoms with Crippen molar-refractivity contribution in [3.8, 4) is 0 Å². The van der Waals surface area contributed by atoms with E-state index in [0.717, 1.165) is 10.2 Å². The van der Waals surface area contributed by atoms with E-state index in [1.165, 1.54) is 17.8 Å². The Bertz CT molecular complexity index is 687. The summed E-state index contributed by atoms with van der Waals surface area (Å²) in [5, 5.41) is 3.22. The Kier molecular flexibility index (Phi) is 4.97. The lowest BCUT2D eigenvalue weighted by Gasteiger charge is -2.05. The average molecular weight is 354 g/mol. The van der Waals surface area contributed by atoms with Crippen LogP contribution in [0.25, 0.3) is 0 Å². The number of nitrogens with one attached hydrogen (secondary N) is 2. The Balaban J connectivity index is 1.93. The van der Waals surface area contributed by atoms with E-state index >= 15 is 0 Å². The van der Waals surface area contributed by atoms with Crippen LogP contribution < -0.4 is 10.9 Å². The van der Waals surface area contributed by atoms with Gasteiger partial charge in [0.15, 0.2) is 5.16 Å². The molecule has 1 aromatic heterocycles. The van der Waals surface area contributed by atoms with E-state index < -0.39 is 0 Å². The largest absolute Gasteiger partial charge is 0.325 e. The van der Waals surface area contributed by atoms with Gasteiger partial charge in [0.2, 0.25) is 5.91 Å². The Morgan fingerprint density at radius 3 is 2.95 bits per heavy atom. The number of nitrogens with zero attached hydrogens (tertiary/aromatic N) is 1. The molecule has 5 nitrogen and oxygen atoms in total. The molecule has 7 heteroatoms. The van der Waals surface area contributed by atoms with Crippen molar-refractivity contribution in [1.82, 2.24) is 9.97 Å². The second-order valence-corrected chi connectivity index (χ2v) is 5.92. The molecule has 0 aliphatic heterocycles. The van der Waals surface area contributed by atoms with Gasteiger partial charge in [0, 0.05) is 21.9 Å². The van der Waals surface area contributed by atoms with Crippen molar-refractivity contribution in [3.05, 3.63) is 50.9 Å². The molecule has 0 saturated heterocycles. The first-order chi connectivity index (χ1) is 9.52. The number of rotatable bonds is 4. The highest BCUT2D eigenvalue weighted by atomic mass is 79.9. The maximum absolute atomic E-state index is 11.8. The number of thioether (sulfide) groups is 1. The third-order valence-electron chi connectivity index (χ3n) is 2.30. The summed E-state index contributed by atoms with van der Waals surface area (Å²) in [4.78, 5) is 29.8. The quantitative estimate of drug-likeness (QED) is 0.654. The van der Waals surface area contributed by atoms with Gasteiger partial charge in [0.25, 0.3) is 5.56 Å². The fourth-order valence-corrected chi connectivity index (χ4v) is 2.64. The molecule has 0 fully saturated rings. The van der Waals surface area contributed by atoms with Gasteiger partial charge in [-0.05, 0) is 25.1 Å². The van der Waals surface area contributed by atoms with Crippen molar-refractivity contribution in [3.63, 3.8) is 0 Å². The van der Waals surface area contributed by atoms with Crippen LogP contribution in [0.4, 0.5) is 5.69 Å². The summed E-state index contributed by atoms with van der Waals surface area (Å²) in [6, 6.07) is 8.75. The summed E-state index contributed by atoms with van der Waals surface area (Å²) in [5.74, 6) is 0.0242. The predicted octanol–water partition coefficient (Wildman–Crippen LogP) is 2.57. The number of H-pyrrole nitrogens is 1. The molecule has 0 spiro atoms. The van der Waals surface area contributed by atoms with Crippen molar-refractivity contribution in [2.24, 2.45) is 0 Å². The highest BCUT2D eigenvalue weighted by molar-refractivity contribution is 9.10. The van der Waals surface area contributed by atoms with Gasteiger partial charge in [0.1, 0.15) is 0 Å². The first kappa shape index (κ1) is 14.8. The number of carbonyl (C=O) groups is 1. The number of aryl methyl sites for hydroxylation is 1. The van der Waals surface area contributed by atoms with E-state index in [0.29, 0.717) is 10.9 Å². The standard InChI is InChI=1S/C13H12BrN3O2S/c1-8-5-11(18)17-13(15-8)20-7-12(19)16-10-4-2-3-9(14)6-10/h2-6H,7H2,1H3,(H,16,19)(H,15,17,18). The lowest BCUT2D eigenvalue weighted by molar-refractivity contribution is -0.113. The Hall–Kier alpha value is -1.60. The van der Waals surface area contributed by atoms with E-state index in [2.05, 4.69) is 31.2 Å². The van der Waals surface area contributed by atoms with Gasteiger partial charge >= 0.3 is 0 Å². The summed E-state index contributed by atoms with van der Waals surface area (Å²) in [5.41, 5.74) is 1.13. The molecule has 1 heterocycles. The first-order valence-electron chi connectivity index (χ1n) is 5.79. The van der Waals surface area contributed by atoms with E-state index in [1.807, 2.05) is 18.2 Å². The smallest absolute Gasteiger partial charge is 0.251 e. The second kappa shape index (κ2) is 6.71. The fourth-order valence-electron chi connectivity index (χ4n) is 1.52. The van der Waals surface area contributed by atoms with E-state index in [4.69, 9.17) is 0 Å². The number of aromatic amines is 1. The number of halogens is 1. The molecule has 2 N–H and O–H groups in total. The van der Waals surface area contributed by atoms with E-state index in [-0.39, 0.29) is 17.2 Å². The third-order valence-corrected chi connectivity index (χ3v) is 3.66. The number of amides is 1. The average Bonchev–Trinajstić information content (AvgIpc) is 2.35. The number of aromatic nitrogens is 2. The highest BCUT2D eigenvalue weighted by Crippen LogP contribution is 2.17. The van der Waals surface area contributed by atoms with Gasteiger partial charge in [-0.15, -0.1) is 0 Å². The molecular weight excluding hydrogens is 342 g/mol. The Morgan fingerprint density at radius 1 is 1.45 bits per heavy atom. The van der Waals surface area contributed by atoms with Crippen LogP contribution >= 0.6 is 27.7 Å². The molecule has 0 aliphatic rings. The molecule has 0 radical (unpaired) electrons. The summed E-state index contributed by atoms with van der Waals surface area (Å²) < 4.78 is 0.896. The SMILES string of the molecule is Cc1cc(=O)[nH]c(SCC(=O)Nc2cccc(Br)c2)n1. The van der Waals surface area contributed by atoms with Crippen molar-refractivity contribution < 1.29 is 4.79 Å². The number of carbonyl (C=O) groups excluding carboxylic acids is 1. The van der Waals surface area contributed by atoms with Gasteiger partial charge in [0.05, 0.1) is 5.75 Å². The van der Waals surface area contributed by atoms with Gasteiger partial charge in [-0.2, -0.15) is 0 Å². The second-order valence-electron chi connectivity index (χ2n) is 4.04. The summed E-state index contributed by atoms with van der Waals surface area (Å²) in [7, 11) is 0. The molecular formula is C13H12BrN3O2S. The molecule has 0 atom stereocenters. The molecule has 1 amide bonds. The minimum Gasteiger partial charge on any atom is -0.325 e. The molecule has 0 aliphatic carbocycles. The molecule has 0 bridgehead atoms. The minimum absolute atomic E-state index is 0.155. The van der Waals surface area contributed by atoms with Crippen LogP contribution in [0, 0.1) is 6.92 Å². The maximum Gasteiger partial charge on any atom is 0.251 e. The Labute approximate surface area is 128 Å². The number of hydrogen-bond donors (Lipinski definition) is 2. The monoisotopic (exact) mass is 353 g/mol. The van der Waals surface area contributed by atoms with Crippen LogP contribution in [-0.4, -0.2) is 21.6 Å². The van der Waals surface area contributed by atoms with Crippen molar-refractivity contribution >= 4 is 39.3 Å². The molecule has 2 aromatic rings. The maximum atomic E-state index is 11.8. The molecule has 0 saturated carbocycles. The van der Waals surface area contributed by atoms with Crippen molar-refractivity contribution in [2.45, 2.75) is 12.1 Å².